The molecule has 0 bridgehead atoms. The third-order valence-corrected chi connectivity index (χ3v) is 5.42. The highest BCUT2D eigenvalue weighted by molar-refractivity contribution is 7.89. The van der Waals surface area contributed by atoms with E-state index in [-0.39, 0.29) is 22.8 Å². The molecule has 3 N–H and O–H groups in total. The first-order valence-electron chi connectivity index (χ1n) is 8.78. The molecule has 0 aliphatic carbocycles. The van der Waals surface area contributed by atoms with Gasteiger partial charge in [0, 0.05) is 17.5 Å². The van der Waals surface area contributed by atoms with Gasteiger partial charge in [-0.3, -0.25) is 4.79 Å². The molecule has 148 valence electrons. The minimum absolute atomic E-state index is 0.0342. The van der Waals surface area contributed by atoms with Crippen LogP contribution >= 0.6 is 0 Å². The Morgan fingerprint density at radius 3 is 2.37 bits per heavy atom. The number of amides is 1. The SMILES string of the molecule is C[NH+](C)CC(C)(C)CNC(=O)c1ccc(S(=O)(=O)NCc2ccco2)cc1. The molecule has 0 aliphatic heterocycles. The summed E-state index contributed by atoms with van der Waals surface area (Å²) >= 11 is 0. The van der Waals surface area contributed by atoms with Crippen molar-refractivity contribution in [3.63, 3.8) is 0 Å². The summed E-state index contributed by atoms with van der Waals surface area (Å²) in [4.78, 5) is 13.7. The summed E-state index contributed by atoms with van der Waals surface area (Å²) < 4.78 is 32.2. The fourth-order valence-electron chi connectivity index (χ4n) is 2.89. The van der Waals surface area contributed by atoms with Gasteiger partial charge in [0.15, 0.2) is 0 Å². The van der Waals surface area contributed by atoms with Crippen molar-refractivity contribution in [1.29, 1.82) is 0 Å². The smallest absolute Gasteiger partial charge is 0.251 e. The summed E-state index contributed by atoms with van der Waals surface area (Å²) in [5, 5.41) is 2.92. The predicted molar refractivity (Wildman–Crippen MR) is 103 cm³/mol. The molecule has 0 spiro atoms. The quantitative estimate of drug-likeness (QED) is 0.583. The Morgan fingerprint density at radius 1 is 1.15 bits per heavy atom. The van der Waals surface area contributed by atoms with E-state index < -0.39 is 10.0 Å². The van der Waals surface area contributed by atoms with Gasteiger partial charge in [0.2, 0.25) is 10.0 Å². The molecule has 7 nitrogen and oxygen atoms in total. The first-order valence-corrected chi connectivity index (χ1v) is 10.3. The Morgan fingerprint density at radius 2 is 1.81 bits per heavy atom. The third-order valence-electron chi connectivity index (χ3n) is 4.00. The van der Waals surface area contributed by atoms with Crippen molar-refractivity contribution in [2.24, 2.45) is 5.41 Å². The maximum absolute atomic E-state index is 12.3. The zero-order chi connectivity index (χ0) is 20.1. The largest absolute Gasteiger partial charge is 0.468 e. The van der Waals surface area contributed by atoms with Crippen LogP contribution in [0, 0.1) is 5.41 Å². The highest BCUT2D eigenvalue weighted by atomic mass is 32.2. The van der Waals surface area contributed by atoms with Crippen LogP contribution in [0.25, 0.3) is 0 Å². The van der Waals surface area contributed by atoms with Crippen LogP contribution in [0.2, 0.25) is 0 Å². The second kappa shape index (κ2) is 8.69. The minimum Gasteiger partial charge on any atom is -0.468 e. The van der Waals surface area contributed by atoms with Crippen molar-refractivity contribution < 1.29 is 22.5 Å². The van der Waals surface area contributed by atoms with Gasteiger partial charge in [-0.15, -0.1) is 0 Å². The zero-order valence-electron chi connectivity index (χ0n) is 16.2. The van der Waals surface area contributed by atoms with E-state index in [9.17, 15) is 13.2 Å². The van der Waals surface area contributed by atoms with E-state index in [1.54, 1.807) is 12.1 Å². The fourth-order valence-corrected chi connectivity index (χ4v) is 3.88. The summed E-state index contributed by atoms with van der Waals surface area (Å²) in [6.07, 6.45) is 1.48. The molecule has 1 amide bonds. The first-order chi connectivity index (χ1) is 12.6. The van der Waals surface area contributed by atoms with Gasteiger partial charge in [0.05, 0.1) is 38.3 Å². The molecule has 27 heavy (non-hydrogen) atoms. The summed E-state index contributed by atoms with van der Waals surface area (Å²) in [5.74, 6) is 0.307. The number of rotatable bonds is 9. The Labute approximate surface area is 160 Å². The number of carbonyl (C=O) groups excluding carboxylic acids is 1. The van der Waals surface area contributed by atoms with Gasteiger partial charge < -0.3 is 14.6 Å². The molecular weight excluding hydrogens is 366 g/mol. The molecule has 0 aliphatic rings. The molecule has 0 unspecified atom stereocenters. The first kappa shape index (κ1) is 21.1. The van der Waals surface area contributed by atoms with Crippen LogP contribution in [0.15, 0.2) is 52.0 Å². The summed E-state index contributed by atoms with van der Waals surface area (Å²) in [6, 6.07) is 9.26. The number of benzene rings is 1. The average molecular weight is 395 g/mol. The monoisotopic (exact) mass is 394 g/mol. The Balaban J connectivity index is 1.96. The fraction of sp³-hybridized carbons (Fsp3) is 0.421. The number of nitrogens with one attached hydrogen (secondary N) is 3. The van der Waals surface area contributed by atoms with E-state index in [0.717, 1.165) is 6.54 Å². The minimum atomic E-state index is -3.67. The van der Waals surface area contributed by atoms with Crippen molar-refractivity contribution in [3.8, 4) is 0 Å². The molecule has 0 saturated carbocycles. The van der Waals surface area contributed by atoms with Crippen LogP contribution in [0.5, 0.6) is 0 Å². The molecule has 1 aromatic carbocycles. The van der Waals surface area contributed by atoms with Gasteiger partial charge in [0.1, 0.15) is 5.76 Å². The molecule has 1 heterocycles. The molecule has 2 aromatic rings. The number of hydrogen-bond acceptors (Lipinski definition) is 4. The lowest BCUT2D eigenvalue weighted by Crippen LogP contribution is -3.07. The van der Waals surface area contributed by atoms with E-state index in [1.807, 2.05) is 0 Å². The van der Waals surface area contributed by atoms with E-state index >= 15 is 0 Å². The maximum Gasteiger partial charge on any atom is 0.251 e. The van der Waals surface area contributed by atoms with Gasteiger partial charge >= 0.3 is 0 Å². The maximum atomic E-state index is 12.3. The topological polar surface area (TPSA) is 92.9 Å². The van der Waals surface area contributed by atoms with Crippen molar-refractivity contribution in [2.75, 3.05) is 27.2 Å². The number of hydrogen-bond donors (Lipinski definition) is 3. The van der Waals surface area contributed by atoms with E-state index in [2.05, 4.69) is 38.0 Å². The van der Waals surface area contributed by atoms with Crippen LogP contribution in [-0.4, -0.2) is 41.5 Å². The molecule has 8 heteroatoms. The molecule has 0 radical (unpaired) electrons. The second-order valence-electron chi connectivity index (χ2n) is 7.66. The predicted octanol–water partition coefficient (Wildman–Crippen LogP) is 0.659. The number of carbonyl (C=O) groups is 1. The normalized spacial score (nSPS) is 12.3. The molecule has 2 rings (SSSR count). The van der Waals surface area contributed by atoms with Crippen LogP contribution in [-0.2, 0) is 16.6 Å². The number of sulfonamides is 1. The van der Waals surface area contributed by atoms with Crippen LogP contribution in [0.3, 0.4) is 0 Å². The number of furan rings is 1. The standard InChI is InChI=1S/C19H27N3O4S/c1-19(2,14-22(3)4)13-20-18(23)15-7-9-17(10-8-15)27(24,25)21-12-16-6-5-11-26-16/h5-11,21H,12-14H2,1-4H3,(H,20,23)/p+1. The summed E-state index contributed by atoms with van der Waals surface area (Å²) in [7, 11) is 0.472. The Bertz CT molecular complexity index is 842. The number of quaternary nitrogens is 1. The third kappa shape index (κ3) is 6.50. The summed E-state index contributed by atoms with van der Waals surface area (Å²) in [5.41, 5.74) is 0.390. The summed E-state index contributed by atoms with van der Waals surface area (Å²) in [6.45, 7) is 5.73. The molecule has 1 aromatic heterocycles. The van der Waals surface area contributed by atoms with Gasteiger partial charge in [-0.05, 0) is 36.4 Å². The highest BCUT2D eigenvalue weighted by Gasteiger charge is 2.23. The average Bonchev–Trinajstić information content (AvgIpc) is 3.11. The zero-order valence-corrected chi connectivity index (χ0v) is 17.0. The lowest BCUT2D eigenvalue weighted by molar-refractivity contribution is -0.865. The molecule has 0 fully saturated rings. The van der Waals surface area contributed by atoms with Gasteiger partial charge in [-0.2, -0.15) is 0 Å². The Hall–Kier alpha value is -2.16. The lowest BCUT2D eigenvalue weighted by atomic mass is 9.93. The van der Waals surface area contributed by atoms with Crippen molar-refractivity contribution >= 4 is 15.9 Å². The van der Waals surface area contributed by atoms with Gasteiger partial charge in [0.25, 0.3) is 5.91 Å². The molecular formula is C19H28N3O4S+. The van der Waals surface area contributed by atoms with Gasteiger partial charge in [-0.25, -0.2) is 13.1 Å². The lowest BCUT2D eigenvalue weighted by Gasteiger charge is -2.26. The second-order valence-corrected chi connectivity index (χ2v) is 9.43. The van der Waals surface area contributed by atoms with E-state index in [0.29, 0.717) is 17.9 Å². The van der Waals surface area contributed by atoms with E-state index in [1.165, 1.54) is 35.4 Å². The highest BCUT2D eigenvalue weighted by Crippen LogP contribution is 2.13. The van der Waals surface area contributed by atoms with Crippen LogP contribution in [0.4, 0.5) is 0 Å². The van der Waals surface area contributed by atoms with Gasteiger partial charge in [-0.1, -0.05) is 13.8 Å². The van der Waals surface area contributed by atoms with Crippen LogP contribution in [0.1, 0.15) is 30.0 Å². The van der Waals surface area contributed by atoms with Crippen molar-refractivity contribution in [1.82, 2.24) is 10.0 Å². The molecule has 0 saturated heterocycles. The van der Waals surface area contributed by atoms with E-state index in [4.69, 9.17) is 4.42 Å². The van der Waals surface area contributed by atoms with Crippen LogP contribution < -0.4 is 14.9 Å². The Kier molecular flexibility index (Phi) is 6.80. The van der Waals surface area contributed by atoms with Crippen molar-refractivity contribution in [2.45, 2.75) is 25.3 Å². The van der Waals surface area contributed by atoms with Crippen molar-refractivity contribution in [3.05, 3.63) is 54.0 Å². The molecule has 0 atom stereocenters.